The van der Waals surface area contributed by atoms with Crippen molar-refractivity contribution in [3.8, 4) is 18.0 Å². The molecule has 100 valence electrons. The van der Waals surface area contributed by atoms with E-state index in [4.69, 9.17) is 6.42 Å². The van der Waals surface area contributed by atoms with E-state index >= 15 is 0 Å². The Morgan fingerprint density at radius 2 is 1.86 bits per heavy atom. The molecule has 4 nitrogen and oxygen atoms in total. The second-order valence-electron chi connectivity index (χ2n) is 4.97. The van der Waals surface area contributed by atoms with Crippen LogP contribution in [0.15, 0.2) is 53.3 Å². The molecule has 21 heavy (non-hydrogen) atoms. The fourth-order valence-electron chi connectivity index (χ4n) is 2.84. The second-order valence-corrected chi connectivity index (χ2v) is 4.97. The summed E-state index contributed by atoms with van der Waals surface area (Å²) >= 11 is 0. The lowest BCUT2D eigenvalue weighted by molar-refractivity contribution is 0.141. The molecule has 1 unspecified atom stereocenters. The van der Waals surface area contributed by atoms with Crippen LogP contribution in [0.25, 0.3) is 16.6 Å². The molecule has 0 bridgehead atoms. The average molecular weight is 274 g/mol. The van der Waals surface area contributed by atoms with Crippen molar-refractivity contribution < 1.29 is 5.11 Å². The van der Waals surface area contributed by atoms with Gasteiger partial charge in [-0.2, -0.15) is 0 Å². The van der Waals surface area contributed by atoms with E-state index in [1.165, 1.54) is 4.57 Å². The van der Waals surface area contributed by atoms with E-state index in [0.29, 0.717) is 22.2 Å². The maximum atomic E-state index is 12.7. The number of aliphatic hydroxyl groups is 1. The molecule has 1 N–H and O–H groups in total. The van der Waals surface area contributed by atoms with Crippen LogP contribution in [-0.4, -0.2) is 14.7 Å². The monoisotopic (exact) mass is 274 g/mol. The molecule has 0 aliphatic carbocycles. The smallest absolute Gasteiger partial charge is 0.266 e. The number of hydrogen-bond acceptors (Lipinski definition) is 3. The number of nitrogens with zero attached hydrogens (tertiary/aromatic N) is 2. The highest BCUT2D eigenvalue weighted by atomic mass is 16.3. The SMILES string of the molecule is C#CC1(O)c2ccccc2-n2c1nc1ccccc1c2=O. The third-order valence-electron chi connectivity index (χ3n) is 3.84. The summed E-state index contributed by atoms with van der Waals surface area (Å²) < 4.78 is 1.40. The minimum Gasteiger partial charge on any atom is -0.367 e. The van der Waals surface area contributed by atoms with Crippen molar-refractivity contribution in [1.29, 1.82) is 0 Å². The van der Waals surface area contributed by atoms with E-state index in [1.54, 1.807) is 48.5 Å². The van der Waals surface area contributed by atoms with Crippen LogP contribution >= 0.6 is 0 Å². The lowest BCUT2D eigenvalue weighted by atomic mass is 9.96. The molecule has 1 aromatic heterocycles. The molecule has 0 spiro atoms. The minimum atomic E-state index is -1.68. The molecule has 1 aliphatic rings. The Labute approximate surface area is 120 Å². The van der Waals surface area contributed by atoms with Gasteiger partial charge >= 0.3 is 0 Å². The van der Waals surface area contributed by atoms with E-state index in [9.17, 15) is 9.90 Å². The quantitative estimate of drug-likeness (QED) is 0.633. The standard InChI is InChI=1S/C17H10N2O2/c1-2-17(21)12-8-4-6-10-14(12)19-15(20)11-7-3-5-9-13(11)18-16(17)19/h1,3-10,21H. The highest BCUT2D eigenvalue weighted by Gasteiger charge is 2.43. The van der Waals surface area contributed by atoms with Crippen LogP contribution in [0.1, 0.15) is 11.4 Å². The summed E-state index contributed by atoms with van der Waals surface area (Å²) in [5.41, 5.74) is -0.298. The van der Waals surface area contributed by atoms with Crippen LogP contribution in [0, 0.1) is 12.3 Å². The zero-order valence-corrected chi connectivity index (χ0v) is 10.9. The van der Waals surface area contributed by atoms with Gasteiger partial charge in [0, 0.05) is 5.56 Å². The molecule has 4 rings (SSSR count). The number of rotatable bonds is 0. The van der Waals surface area contributed by atoms with Gasteiger partial charge in [0.1, 0.15) is 0 Å². The van der Waals surface area contributed by atoms with Crippen molar-refractivity contribution in [3.05, 3.63) is 70.3 Å². The molecule has 2 heterocycles. The topological polar surface area (TPSA) is 55.1 Å². The lowest BCUT2D eigenvalue weighted by Gasteiger charge is -2.16. The molecule has 0 amide bonds. The number of aromatic nitrogens is 2. The van der Waals surface area contributed by atoms with Gasteiger partial charge in [-0.15, -0.1) is 6.42 Å². The Morgan fingerprint density at radius 1 is 1.14 bits per heavy atom. The molecule has 0 radical (unpaired) electrons. The van der Waals surface area contributed by atoms with Crippen LogP contribution in [-0.2, 0) is 5.60 Å². The van der Waals surface area contributed by atoms with Gasteiger partial charge in [0.15, 0.2) is 5.82 Å². The van der Waals surface area contributed by atoms with Crippen LogP contribution in [0.4, 0.5) is 0 Å². The largest absolute Gasteiger partial charge is 0.367 e. The highest BCUT2D eigenvalue weighted by molar-refractivity contribution is 5.79. The van der Waals surface area contributed by atoms with Crippen LogP contribution in [0.5, 0.6) is 0 Å². The first-order valence-electron chi connectivity index (χ1n) is 6.49. The first kappa shape index (κ1) is 11.9. The summed E-state index contributed by atoms with van der Waals surface area (Å²) in [7, 11) is 0. The fraction of sp³-hybridized carbons (Fsp3) is 0.0588. The maximum Gasteiger partial charge on any atom is 0.266 e. The maximum absolute atomic E-state index is 12.7. The van der Waals surface area contributed by atoms with E-state index in [0.717, 1.165) is 0 Å². The predicted octanol–water partition coefficient (Wildman–Crippen LogP) is 1.57. The lowest BCUT2D eigenvalue weighted by Crippen LogP contribution is -2.28. The summed E-state index contributed by atoms with van der Waals surface area (Å²) in [5.74, 6) is 2.55. The molecular formula is C17H10N2O2. The first-order valence-corrected chi connectivity index (χ1v) is 6.49. The molecule has 4 heteroatoms. The van der Waals surface area contributed by atoms with Gasteiger partial charge in [-0.25, -0.2) is 4.98 Å². The van der Waals surface area contributed by atoms with Crippen molar-refractivity contribution in [1.82, 2.24) is 9.55 Å². The Kier molecular flexibility index (Phi) is 2.16. The normalized spacial score (nSPS) is 19.0. The number of fused-ring (bicyclic) bond motifs is 4. The van der Waals surface area contributed by atoms with Crippen LogP contribution in [0.2, 0.25) is 0 Å². The summed E-state index contributed by atoms with van der Waals surface area (Å²) in [6, 6.07) is 14.1. The van der Waals surface area contributed by atoms with Crippen molar-refractivity contribution in [3.63, 3.8) is 0 Å². The van der Waals surface area contributed by atoms with Gasteiger partial charge in [-0.1, -0.05) is 36.3 Å². The summed E-state index contributed by atoms with van der Waals surface area (Å²) in [5, 5.41) is 11.3. The Hall–Kier alpha value is -2.90. The van der Waals surface area contributed by atoms with Crippen molar-refractivity contribution in [2.24, 2.45) is 0 Å². The van der Waals surface area contributed by atoms with E-state index in [-0.39, 0.29) is 11.4 Å². The van der Waals surface area contributed by atoms with Gasteiger partial charge < -0.3 is 5.11 Å². The minimum absolute atomic E-state index is 0.176. The molecule has 0 saturated heterocycles. The van der Waals surface area contributed by atoms with Crippen LogP contribution in [0.3, 0.4) is 0 Å². The fourth-order valence-corrected chi connectivity index (χ4v) is 2.84. The third-order valence-corrected chi connectivity index (χ3v) is 3.84. The molecule has 2 aromatic carbocycles. The Morgan fingerprint density at radius 3 is 2.67 bits per heavy atom. The molecule has 0 saturated carbocycles. The molecule has 1 aliphatic heterocycles. The first-order chi connectivity index (χ1) is 10.2. The number of terminal acetylenes is 1. The molecule has 3 aromatic rings. The zero-order valence-electron chi connectivity index (χ0n) is 10.9. The molecular weight excluding hydrogens is 264 g/mol. The Bertz CT molecular complexity index is 998. The third kappa shape index (κ3) is 1.33. The molecule has 0 fully saturated rings. The molecule has 1 atom stereocenters. The van der Waals surface area contributed by atoms with E-state index in [2.05, 4.69) is 10.9 Å². The zero-order chi connectivity index (χ0) is 14.6. The van der Waals surface area contributed by atoms with E-state index in [1.807, 2.05) is 0 Å². The summed E-state index contributed by atoms with van der Waals surface area (Å²) in [6.45, 7) is 0. The predicted molar refractivity (Wildman–Crippen MR) is 79.2 cm³/mol. The second kappa shape index (κ2) is 3.81. The summed E-state index contributed by atoms with van der Waals surface area (Å²) in [6.07, 6.45) is 5.54. The van der Waals surface area contributed by atoms with Gasteiger partial charge in [0.2, 0.25) is 5.60 Å². The number of para-hydroxylation sites is 2. The van der Waals surface area contributed by atoms with Crippen molar-refractivity contribution >= 4 is 10.9 Å². The van der Waals surface area contributed by atoms with Gasteiger partial charge in [0.05, 0.1) is 16.6 Å². The highest BCUT2D eigenvalue weighted by Crippen LogP contribution is 2.38. The van der Waals surface area contributed by atoms with Gasteiger partial charge in [0.25, 0.3) is 5.56 Å². The van der Waals surface area contributed by atoms with E-state index < -0.39 is 5.60 Å². The van der Waals surface area contributed by atoms with Crippen LogP contribution < -0.4 is 5.56 Å². The summed E-state index contributed by atoms with van der Waals surface area (Å²) in [4.78, 5) is 17.2. The number of hydrogen-bond donors (Lipinski definition) is 1. The van der Waals surface area contributed by atoms with Crippen molar-refractivity contribution in [2.45, 2.75) is 5.60 Å². The van der Waals surface area contributed by atoms with Crippen molar-refractivity contribution in [2.75, 3.05) is 0 Å². The number of benzene rings is 2. The Balaban J connectivity index is 2.26. The van der Waals surface area contributed by atoms with Gasteiger partial charge in [-0.05, 0) is 18.2 Å². The average Bonchev–Trinajstić information content (AvgIpc) is 2.78. The van der Waals surface area contributed by atoms with Gasteiger partial charge in [-0.3, -0.25) is 9.36 Å².